The highest BCUT2D eigenvalue weighted by Crippen LogP contribution is 2.58. The molecule has 0 radical (unpaired) electrons. The third-order valence-corrected chi connectivity index (χ3v) is 3.77. The van der Waals surface area contributed by atoms with Gasteiger partial charge in [0, 0.05) is 12.8 Å². The average Bonchev–Trinajstić information content (AvgIpc) is 2.96. The van der Waals surface area contributed by atoms with Crippen LogP contribution in [0.3, 0.4) is 0 Å². The summed E-state index contributed by atoms with van der Waals surface area (Å²) in [6, 6.07) is 0. The van der Waals surface area contributed by atoms with E-state index in [1.54, 1.807) is 0 Å². The monoisotopic (exact) mass is 226 g/mol. The van der Waals surface area contributed by atoms with Gasteiger partial charge in [-0.2, -0.15) is 0 Å². The molecule has 0 aromatic carbocycles. The molecule has 2 fully saturated rings. The third kappa shape index (κ3) is 1.50. The van der Waals surface area contributed by atoms with Crippen molar-refractivity contribution in [2.24, 2.45) is 17.3 Å². The number of carbonyl (C=O) groups excluding carboxylic acids is 2. The van der Waals surface area contributed by atoms with Gasteiger partial charge in [-0.15, -0.1) is 0 Å². The first-order valence-corrected chi connectivity index (χ1v) is 5.34. The maximum atomic E-state index is 11.8. The molecule has 2 saturated carbocycles. The topological polar surface area (TPSA) is 80.7 Å². The lowest BCUT2D eigenvalue weighted by molar-refractivity contribution is -0.155. The van der Waals surface area contributed by atoms with Crippen molar-refractivity contribution in [3.05, 3.63) is 0 Å². The average molecular weight is 226 g/mol. The number of ketones is 1. The van der Waals surface area contributed by atoms with Crippen LogP contribution in [-0.4, -0.2) is 29.9 Å². The van der Waals surface area contributed by atoms with Gasteiger partial charge in [0.25, 0.3) is 0 Å². The maximum Gasteiger partial charge on any atom is 0.312 e. The lowest BCUT2D eigenvalue weighted by Gasteiger charge is -2.24. The Kier molecular flexibility index (Phi) is 2.48. The van der Waals surface area contributed by atoms with Crippen LogP contribution >= 0.6 is 0 Å². The predicted molar refractivity (Wildman–Crippen MR) is 52.5 cm³/mol. The van der Waals surface area contributed by atoms with Crippen molar-refractivity contribution in [3.63, 3.8) is 0 Å². The first-order chi connectivity index (χ1) is 7.51. The van der Waals surface area contributed by atoms with Crippen LogP contribution in [0.2, 0.25) is 0 Å². The number of carboxylic acids is 1. The first-order valence-electron chi connectivity index (χ1n) is 5.34. The van der Waals surface area contributed by atoms with Gasteiger partial charge < -0.3 is 9.84 Å². The molecule has 0 saturated heterocycles. The molecule has 5 heteroatoms. The number of carboxylic acid groups (broad SMARTS) is 1. The molecule has 5 nitrogen and oxygen atoms in total. The van der Waals surface area contributed by atoms with E-state index in [0.717, 1.165) is 0 Å². The summed E-state index contributed by atoms with van der Waals surface area (Å²) < 4.78 is 4.73. The molecule has 2 aliphatic rings. The zero-order valence-electron chi connectivity index (χ0n) is 9.06. The highest BCUT2D eigenvalue weighted by molar-refractivity contribution is 5.92. The number of aliphatic carboxylic acids is 1. The molecule has 3 unspecified atom stereocenters. The van der Waals surface area contributed by atoms with Gasteiger partial charge in [-0.05, 0) is 18.8 Å². The number of hydrogen-bond donors (Lipinski definition) is 1. The lowest BCUT2D eigenvalue weighted by atomic mass is 9.80. The largest absolute Gasteiger partial charge is 0.481 e. The van der Waals surface area contributed by atoms with E-state index in [1.807, 2.05) is 0 Å². The van der Waals surface area contributed by atoms with E-state index >= 15 is 0 Å². The molecule has 0 heterocycles. The normalized spacial score (nSPS) is 37.2. The zero-order valence-corrected chi connectivity index (χ0v) is 9.06. The van der Waals surface area contributed by atoms with Crippen LogP contribution in [0.4, 0.5) is 0 Å². The van der Waals surface area contributed by atoms with Gasteiger partial charge >= 0.3 is 11.9 Å². The summed E-state index contributed by atoms with van der Waals surface area (Å²) in [6.07, 6.45) is 1.43. The number of esters is 1. The standard InChI is InChI=1S/C11H14O5/c1-16-10(15)11(3-2-6(12)5-11)8-4-7(8)9(13)14/h7-8H,2-5H2,1H3,(H,13,14). The molecule has 2 aliphatic carbocycles. The molecule has 0 spiro atoms. The lowest BCUT2D eigenvalue weighted by Crippen LogP contribution is -2.33. The Balaban J connectivity index is 2.20. The summed E-state index contributed by atoms with van der Waals surface area (Å²) in [7, 11) is 1.28. The van der Waals surface area contributed by atoms with Gasteiger partial charge in [0.05, 0.1) is 18.4 Å². The number of rotatable bonds is 3. The Hall–Kier alpha value is -1.39. The number of methoxy groups -OCH3 is 1. The minimum Gasteiger partial charge on any atom is -0.481 e. The van der Waals surface area contributed by atoms with Crippen molar-refractivity contribution in [1.29, 1.82) is 0 Å². The van der Waals surface area contributed by atoms with Crippen molar-refractivity contribution in [2.45, 2.75) is 25.7 Å². The van der Waals surface area contributed by atoms with Crippen molar-refractivity contribution < 1.29 is 24.2 Å². The first kappa shape index (κ1) is 11.1. The quantitative estimate of drug-likeness (QED) is 0.713. The Labute approximate surface area is 92.8 Å². The highest BCUT2D eigenvalue weighted by atomic mass is 16.5. The minimum absolute atomic E-state index is 0.0291. The Morgan fingerprint density at radius 3 is 2.56 bits per heavy atom. The fraction of sp³-hybridized carbons (Fsp3) is 0.727. The predicted octanol–water partition coefficient (Wildman–Crippen LogP) is 0.619. The molecule has 0 aliphatic heterocycles. The van der Waals surface area contributed by atoms with E-state index in [9.17, 15) is 14.4 Å². The van der Waals surface area contributed by atoms with Crippen LogP contribution in [0.15, 0.2) is 0 Å². The fourth-order valence-corrected chi connectivity index (χ4v) is 2.82. The molecule has 88 valence electrons. The number of Topliss-reactive ketones (excluding diaryl/α,β-unsaturated/α-hetero) is 1. The van der Waals surface area contributed by atoms with Crippen LogP contribution < -0.4 is 0 Å². The van der Waals surface area contributed by atoms with E-state index in [-0.39, 0.29) is 18.1 Å². The molecule has 0 bridgehead atoms. The summed E-state index contributed by atoms with van der Waals surface area (Å²) in [4.78, 5) is 33.9. The number of carbonyl (C=O) groups is 3. The molecule has 0 amide bonds. The second kappa shape index (κ2) is 3.57. The van der Waals surface area contributed by atoms with Crippen molar-refractivity contribution in [1.82, 2.24) is 0 Å². The maximum absolute atomic E-state index is 11.8. The summed E-state index contributed by atoms with van der Waals surface area (Å²) in [6.45, 7) is 0. The smallest absolute Gasteiger partial charge is 0.312 e. The van der Waals surface area contributed by atoms with Gasteiger partial charge in [0.2, 0.25) is 0 Å². The Morgan fingerprint density at radius 2 is 2.19 bits per heavy atom. The van der Waals surface area contributed by atoms with Gasteiger partial charge in [-0.25, -0.2) is 0 Å². The zero-order chi connectivity index (χ0) is 11.9. The summed E-state index contributed by atoms with van der Waals surface area (Å²) >= 11 is 0. The molecule has 3 atom stereocenters. The Bertz CT molecular complexity index is 361. The van der Waals surface area contributed by atoms with Gasteiger partial charge in [0.1, 0.15) is 5.78 Å². The van der Waals surface area contributed by atoms with Crippen LogP contribution in [-0.2, 0) is 19.1 Å². The molecule has 0 aromatic heterocycles. The molecule has 2 rings (SSSR count). The van der Waals surface area contributed by atoms with E-state index < -0.39 is 23.3 Å². The van der Waals surface area contributed by atoms with E-state index in [1.165, 1.54) is 7.11 Å². The van der Waals surface area contributed by atoms with Crippen LogP contribution in [0.25, 0.3) is 0 Å². The van der Waals surface area contributed by atoms with Crippen LogP contribution in [0, 0.1) is 17.3 Å². The van der Waals surface area contributed by atoms with Crippen molar-refractivity contribution in [2.75, 3.05) is 7.11 Å². The Morgan fingerprint density at radius 1 is 1.50 bits per heavy atom. The van der Waals surface area contributed by atoms with E-state index in [0.29, 0.717) is 19.3 Å². The summed E-state index contributed by atoms with van der Waals surface area (Å²) in [5.74, 6) is -1.98. The number of ether oxygens (including phenoxy) is 1. The third-order valence-electron chi connectivity index (χ3n) is 3.77. The van der Waals surface area contributed by atoms with E-state index in [2.05, 4.69) is 0 Å². The molecular weight excluding hydrogens is 212 g/mol. The number of hydrogen-bond acceptors (Lipinski definition) is 4. The van der Waals surface area contributed by atoms with Crippen molar-refractivity contribution in [3.8, 4) is 0 Å². The van der Waals surface area contributed by atoms with Gasteiger partial charge in [0.15, 0.2) is 0 Å². The van der Waals surface area contributed by atoms with E-state index in [4.69, 9.17) is 9.84 Å². The minimum atomic E-state index is -0.882. The highest BCUT2D eigenvalue weighted by Gasteiger charge is 2.62. The summed E-state index contributed by atoms with van der Waals surface area (Å²) in [5.41, 5.74) is -0.852. The van der Waals surface area contributed by atoms with Crippen LogP contribution in [0.5, 0.6) is 0 Å². The SMILES string of the molecule is COC(=O)C1(C2CC2C(=O)O)CCC(=O)C1. The molecule has 1 N–H and O–H groups in total. The molecular formula is C11H14O5. The van der Waals surface area contributed by atoms with Crippen LogP contribution in [0.1, 0.15) is 25.7 Å². The second-order valence-corrected chi connectivity index (χ2v) is 4.65. The second-order valence-electron chi connectivity index (χ2n) is 4.65. The molecule has 0 aromatic rings. The van der Waals surface area contributed by atoms with Crippen molar-refractivity contribution >= 4 is 17.7 Å². The fourth-order valence-electron chi connectivity index (χ4n) is 2.82. The van der Waals surface area contributed by atoms with Gasteiger partial charge in [-0.3, -0.25) is 14.4 Å². The summed E-state index contributed by atoms with van der Waals surface area (Å²) in [5, 5.41) is 8.88. The van der Waals surface area contributed by atoms with Gasteiger partial charge in [-0.1, -0.05) is 0 Å². The molecule has 16 heavy (non-hydrogen) atoms.